The van der Waals surface area contributed by atoms with Crippen LogP contribution in [0.4, 0.5) is 21.8 Å². The Bertz CT molecular complexity index is 1200. The number of halogens is 1. The van der Waals surface area contributed by atoms with Gasteiger partial charge in [0.1, 0.15) is 23.1 Å². The summed E-state index contributed by atoms with van der Waals surface area (Å²) in [5.41, 5.74) is 1.03. The Morgan fingerprint density at radius 3 is 2.75 bits per heavy atom. The van der Waals surface area contributed by atoms with Gasteiger partial charge in [-0.25, -0.2) is 14.4 Å². The number of furan rings is 1. The van der Waals surface area contributed by atoms with Crippen LogP contribution in [0.15, 0.2) is 64.2 Å². The zero-order valence-corrected chi connectivity index (χ0v) is 14.3. The molecule has 0 aliphatic carbocycles. The number of phenols is 1. The number of hydrogen-bond donors (Lipinski definition) is 2. The highest BCUT2D eigenvalue weighted by Crippen LogP contribution is 2.27. The minimum atomic E-state index is -0.419. The molecule has 4 rings (SSSR count). The topological polar surface area (TPSA) is 101 Å². The molecule has 0 aliphatic rings. The van der Waals surface area contributed by atoms with Crippen LogP contribution in [-0.2, 0) is 0 Å². The van der Waals surface area contributed by atoms with Gasteiger partial charge in [-0.1, -0.05) is 6.07 Å². The second-order valence-corrected chi connectivity index (χ2v) is 5.87. The Labute approximate surface area is 158 Å². The molecule has 0 fully saturated rings. The molecule has 138 valence electrons. The quantitative estimate of drug-likeness (QED) is 0.454. The molecular formula is C20H13FN4O3. The highest BCUT2D eigenvalue weighted by molar-refractivity contribution is 5.91. The molecule has 2 aromatic heterocycles. The van der Waals surface area contributed by atoms with E-state index >= 15 is 0 Å². The molecule has 28 heavy (non-hydrogen) atoms. The molecule has 7 nitrogen and oxygen atoms in total. The maximum Gasteiger partial charge on any atom is 0.260 e. The number of fused-ring (bicyclic) bond motifs is 1. The monoisotopic (exact) mass is 376 g/mol. The van der Waals surface area contributed by atoms with Gasteiger partial charge < -0.3 is 14.8 Å². The first kappa shape index (κ1) is 17.3. The maximum atomic E-state index is 13.7. The minimum Gasteiger partial charge on any atom is -0.508 e. The van der Waals surface area contributed by atoms with Crippen molar-refractivity contribution >= 4 is 40.4 Å². The zero-order valence-electron chi connectivity index (χ0n) is 14.3. The Morgan fingerprint density at radius 2 is 1.96 bits per heavy atom. The van der Waals surface area contributed by atoms with Gasteiger partial charge in [0.15, 0.2) is 5.82 Å². The van der Waals surface area contributed by atoms with Gasteiger partial charge in [0.2, 0.25) is 0 Å². The van der Waals surface area contributed by atoms with Crippen LogP contribution in [-0.4, -0.2) is 15.1 Å². The third kappa shape index (κ3) is 3.70. The van der Waals surface area contributed by atoms with E-state index in [0.29, 0.717) is 34.0 Å². The molecule has 2 heterocycles. The van der Waals surface area contributed by atoms with Crippen LogP contribution in [0, 0.1) is 10.7 Å². The van der Waals surface area contributed by atoms with E-state index in [2.05, 4.69) is 20.5 Å². The first-order valence-corrected chi connectivity index (χ1v) is 8.25. The molecule has 2 N–H and O–H groups in total. The molecule has 0 saturated carbocycles. The number of anilines is 2. The second kappa shape index (κ2) is 7.28. The summed E-state index contributed by atoms with van der Waals surface area (Å²) in [6.07, 6.45) is 3.15. The summed E-state index contributed by atoms with van der Waals surface area (Å²) < 4.78 is 18.9. The number of phenolic OH excluding ortho intramolecular Hbond substituents is 1. The summed E-state index contributed by atoms with van der Waals surface area (Å²) in [6.45, 7) is 0. The van der Waals surface area contributed by atoms with Crippen molar-refractivity contribution in [2.24, 2.45) is 5.18 Å². The molecule has 2 aromatic carbocycles. The Morgan fingerprint density at radius 1 is 1.07 bits per heavy atom. The molecule has 0 bridgehead atoms. The SMILES string of the molecule is O=Nc1ccc(/C=C/c2nc(Nc3cccc(O)c3)c3ccc(F)cc3n2)o1. The number of nitrogens with one attached hydrogen (secondary N) is 1. The molecule has 0 unspecified atom stereocenters. The van der Waals surface area contributed by atoms with Gasteiger partial charge in [0.25, 0.3) is 5.88 Å². The van der Waals surface area contributed by atoms with E-state index in [4.69, 9.17) is 4.42 Å². The van der Waals surface area contributed by atoms with Crippen molar-refractivity contribution < 1.29 is 13.9 Å². The van der Waals surface area contributed by atoms with Crippen LogP contribution in [0.3, 0.4) is 0 Å². The third-order valence-corrected chi connectivity index (χ3v) is 3.88. The van der Waals surface area contributed by atoms with Crippen LogP contribution in [0.2, 0.25) is 0 Å². The molecule has 0 atom stereocenters. The van der Waals surface area contributed by atoms with E-state index in [1.807, 2.05) is 0 Å². The van der Waals surface area contributed by atoms with Gasteiger partial charge in [0.05, 0.1) is 5.52 Å². The van der Waals surface area contributed by atoms with Crippen LogP contribution in [0.25, 0.3) is 23.1 Å². The molecule has 0 aliphatic heterocycles. The van der Waals surface area contributed by atoms with Crippen molar-refractivity contribution in [3.63, 3.8) is 0 Å². The summed E-state index contributed by atoms with van der Waals surface area (Å²) in [6, 6.07) is 13.8. The van der Waals surface area contributed by atoms with E-state index in [1.54, 1.807) is 48.6 Å². The van der Waals surface area contributed by atoms with Crippen molar-refractivity contribution in [3.8, 4) is 5.75 Å². The van der Waals surface area contributed by atoms with E-state index in [9.17, 15) is 14.4 Å². The fourth-order valence-electron chi connectivity index (χ4n) is 2.65. The van der Waals surface area contributed by atoms with Crippen LogP contribution < -0.4 is 5.32 Å². The number of aromatic nitrogens is 2. The molecule has 0 saturated heterocycles. The summed E-state index contributed by atoms with van der Waals surface area (Å²) >= 11 is 0. The molecule has 0 spiro atoms. The maximum absolute atomic E-state index is 13.7. The number of benzene rings is 2. The smallest absolute Gasteiger partial charge is 0.260 e. The van der Waals surface area contributed by atoms with E-state index in [1.165, 1.54) is 18.2 Å². The number of aromatic hydroxyl groups is 1. The summed E-state index contributed by atoms with van der Waals surface area (Å²) in [5, 5.41) is 16.1. The molecule has 0 radical (unpaired) electrons. The van der Waals surface area contributed by atoms with Crippen molar-refractivity contribution in [2.45, 2.75) is 0 Å². The largest absolute Gasteiger partial charge is 0.508 e. The number of nitroso groups, excluding NO2 is 1. The summed E-state index contributed by atoms with van der Waals surface area (Å²) in [7, 11) is 0. The second-order valence-electron chi connectivity index (χ2n) is 5.87. The zero-order chi connectivity index (χ0) is 19.5. The lowest BCUT2D eigenvalue weighted by atomic mass is 10.2. The molecule has 8 heteroatoms. The average Bonchev–Trinajstić information content (AvgIpc) is 3.14. The van der Waals surface area contributed by atoms with Crippen molar-refractivity contribution in [2.75, 3.05) is 5.32 Å². The predicted molar refractivity (Wildman–Crippen MR) is 104 cm³/mol. The Hall–Kier alpha value is -4.07. The fraction of sp³-hybridized carbons (Fsp3) is 0. The number of hydrogen-bond acceptors (Lipinski definition) is 7. The van der Waals surface area contributed by atoms with Crippen molar-refractivity contribution in [1.82, 2.24) is 9.97 Å². The first-order chi connectivity index (χ1) is 13.6. The standard InChI is InChI=1S/C20H13FN4O3/c21-12-4-7-16-17(10-12)23-18(8-5-15-6-9-19(25-27)28-15)24-20(16)22-13-2-1-3-14(26)11-13/h1-11,26H,(H,22,23,24)/b8-5+. The Kier molecular flexibility index (Phi) is 4.51. The molecular weight excluding hydrogens is 363 g/mol. The van der Waals surface area contributed by atoms with Gasteiger partial charge >= 0.3 is 0 Å². The van der Waals surface area contributed by atoms with Gasteiger partial charge in [-0.3, -0.25) is 0 Å². The summed E-state index contributed by atoms with van der Waals surface area (Å²) in [4.78, 5) is 19.3. The van der Waals surface area contributed by atoms with Crippen LogP contribution in [0.5, 0.6) is 5.75 Å². The van der Waals surface area contributed by atoms with Gasteiger partial charge in [-0.2, -0.15) is 0 Å². The highest BCUT2D eigenvalue weighted by atomic mass is 19.1. The molecule has 0 amide bonds. The third-order valence-electron chi connectivity index (χ3n) is 3.88. The lowest BCUT2D eigenvalue weighted by Gasteiger charge is -2.10. The number of nitrogens with zero attached hydrogens (tertiary/aromatic N) is 3. The predicted octanol–water partition coefficient (Wildman–Crippen LogP) is 5.38. The minimum absolute atomic E-state index is 0.0348. The normalized spacial score (nSPS) is 11.2. The van der Waals surface area contributed by atoms with Crippen molar-refractivity contribution in [3.05, 3.63) is 76.9 Å². The van der Waals surface area contributed by atoms with Gasteiger partial charge in [-0.15, -0.1) is 4.91 Å². The van der Waals surface area contributed by atoms with E-state index in [-0.39, 0.29) is 11.6 Å². The number of rotatable bonds is 5. The average molecular weight is 376 g/mol. The van der Waals surface area contributed by atoms with Crippen LogP contribution >= 0.6 is 0 Å². The Balaban J connectivity index is 1.75. The van der Waals surface area contributed by atoms with E-state index < -0.39 is 5.82 Å². The summed E-state index contributed by atoms with van der Waals surface area (Å²) in [5.74, 6) is 0.805. The highest BCUT2D eigenvalue weighted by Gasteiger charge is 2.09. The first-order valence-electron chi connectivity index (χ1n) is 8.25. The van der Waals surface area contributed by atoms with Gasteiger partial charge in [-0.05, 0) is 42.5 Å². The lowest BCUT2D eigenvalue weighted by Crippen LogP contribution is -1.99. The lowest BCUT2D eigenvalue weighted by molar-refractivity contribution is 0.475. The fourth-order valence-corrected chi connectivity index (χ4v) is 2.65. The van der Waals surface area contributed by atoms with E-state index in [0.717, 1.165) is 0 Å². The van der Waals surface area contributed by atoms with Gasteiger partial charge in [0, 0.05) is 34.4 Å². The molecule has 4 aromatic rings. The van der Waals surface area contributed by atoms with Crippen LogP contribution in [0.1, 0.15) is 11.6 Å². The van der Waals surface area contributed by atoms with Crippen molar-refractivity contribution in [1.29, 1.82) is 0 Å².